The van der Waals surface area contributed by atoms with Crippen molar-refractivity contribution in [1.82, 2.24) is 0 Å². The Morgan fingerprint density at radius 1 is 1.05 bits per heavy atom. The zero-order valence-corrected chi connectivity index (χ0v) is 14.0. The van der Waals surface area contributed by atoms with Gasteiger partial charge in [0.15, 0.2) is 0 Å². The van der Waals surface area contributed by atoms with E-state index in [1.54, 1.807) is 12.1 Å². The third-order valence-corrected chi connectivity index (χ3v) is 4.25. The molecule has 0 heterocycles. The second-order valence-electron chi connectivity index (χ2n) is 5.28. The number of benzene rings is 1. The molecular weight excluding hydrogens is 287 g/mol. The number of phosphoric ester groups is 1. The van der Waals surface area contributed by atoms with Gasteiger partial charge >= 0.3 is 7.82 Å². The van der Waals surface area contributed by atoms with Gasteiger partial charge in [0.05, 0.1) is 6.61 Å². The Labute approximate surface area is 128 Å². The summed E-state index contributed by atoms with van der Waals surface area (Å²) in [5.41, 5.74) is 0.811. The largest absolute Gasteiger partial charge is 0.527 e. The lowest BCUT2D eigenvalue weighted by Crippen LogP contribution is -2.00. The van der Waals surface area contributed by atoms with E-state index in [0.717, 1.165) is 24.8 Å². The molecule has 1 aromatic rings. The van der Waals surface area contributed by atoms with Gasteiger partial charge in [-0.3, -0.25) is 9.42 Å². The van der Waals surface area contributed by atoms with Gasteiger partial charge in [-0.15, -0.1) is 0 Å². The topological polar surface area (TPSA) is 55.8 Å². The van der Waals surface area contributed by atoms with Gasteiger partial charge in [-0.05, 0) is 25.0 Å². The third kappa shape index (κ3) is 8.25. The van der Waals surface area contributed by atoms with Gasteiger partial charge in [0.2, 0.25) is 0 Å². The van der Waals surface area contributed by atoms with E-state index in [9.17, 15) is 9.46 Å². The van der Waals surface area contributed by atoms with Crippen molar-refractivity contribution in [3.05, 3.63) is 29.8 Å². The fourth-order valence-electron chi connectivity index (χ4n) is 2.05. The smallest absolute Gasteiger partial charge is 0.404 e. The SMILES string of the molecule is CCCCCCCCCOP(=O)(O)Oc1ccccc1C. The lowest BCUT2D eigenvalue weighted by molar-refractivity contribution is 0.199. The Morgan fingerprint density at radius 3 is 2.33 bits per heavy atom. The lowest BCUT2D eigenvalue weighted by atomic mass is 10.1. The van der Waals surface area contributed by atoms with Crippen molar-refractivity contribution in [1.29, 1.82) is 0 Å². The first-order valence-electron chi connectivity index (χ1n) is 7.77. The van der Waals surface area contributed by atoms with Crippen LogP contribution in [0.3, 0.4) is 0 Å². The number of aryl methyl sites for hydroxylation is 1. The summed E-state index contributed by atoms with van der Waals surface area (Å²) in [5, 5.41) is 0. The zero-order chi connectivity index (χ0) is 15.6. The summed E-state index contributed by atoms with van der Waals surface area (Å²) in [7, 11) is -4.01. The van der Waals surface area contributed by atoms with E-state index in [-0.39, 0.29) is 6.61 Å². The van der Waals surface area contributed by atoms with Gasteiger partial charge < -0.3 is 4.52 Å². The molecule has 1 atom stereocenters. The highest BCUT2D eigenvalue weighted by Gasteiger charge is 2.23. The highest BCUT2D eigenvalue weighted by molar-refractivity contribution is 7.47. The highest BCUT2D eigenvalue weighted by Crippen LogP contribution is 2.44. The molecule has 4 nitrogen and oxygen atoms in total. The standard InChI is InChI=1S/C16H27O4P/c1-3-4-5-6-7-8-11-14-19-21(17,18)20-16-13-10-9-12-15(16)2/h9-10,12-13H,3-8,11,14H2,1-2H3,(H,17,18). The number of hydrogen-bond acceptors (Lipinski definition) is 3. The lowest BCUT2D eigenvalue weighted by Gasteiger charge is -2.14. The van der Waals surface area contributed by atoms with Crippen LogP contribution in [0.25, 0.3) is 0 Å². The van der Waals surface area contributed by atoms with Crippen LogP contribution < -0.4 is 4.52 Å². The molecule has 0 aliphatic rings. The average molecular weight is 314 g/mol. The molecule has 0 aromatic heterocycles. The van der Waals surface area contributed by atoms with Gasteiger partial charge in [-0.25, -0.2) is 4.57 Å². The molecule has 1 unspecified atom stereocenters. The van der Waals surface area contributed by atoms with E-state index in [1.165, 1.54) is 25.7 Å². The van der Waals surface area contributed by atoms with Crippen molar-refractivity contribution in [2.24, 2.45) is 0 Å². The van der Waals surface area contributed by atoms with Crippen LogP contribution in [0.1, 0.15) is 57.4 Å². The number of unbranched alkanes of at least 4 members (excludes halogenated alkanes) is 6. The van der Waals surface area contributed by atoms with Gasteiger partial charge in [0, 0.05) is 0 Å². The number of para-hydroxylation sites is 1. The molecule has 0 saturated carbocycles. The van der Waals surface area contributed by atoms with E-state index in [1.807, 2.05) is 19.1 Å². The van der Waals surface area contributed by atoms with Crippen LogP contribution in [-0.4, -0.2) is 11.5 Å². The fraction of sp³-hybridized carbons (Fsp3) is 0.625. The van der Waals surface area contributed by atoms with Crippen molar-refractivity contribution < 1.29 is 18.5 Å². The van der Waals surface area contributed by atoms with Crippen LogP contribution in [-0.2, 0) is 9.09 Å². The Bertz CT molecular complexity index is 448. The molecular formula is C16H27O4P. The fourth-order valence-corrected chi connectivity index (χ4v) is 2.91. The minimum Gasteiger partial charge on any atom is -0.404 e. The normalized spacial score (nSPS) is 13.9. The minimum absolute atomic E-state index is 0.257. The maximum absolute atomic E-state index is 11.8. The Morgan fingerprint density at radius 2 is 1.67 bits per heavy atom. The van der Waals surface area contributed by atoms with Gasteiger partial charge in [0.25, 0.3) is 0 Å². The molecule has 0 aliphatic heterocycles. The van der Waals surface area contributed by atoms with E-state index in [4.69, 9.17) is 9.05 Å². The van der Waals surface area contributed by atoms with Gasteiger partial charge in [0.1, 0.15) is 5.75 Å². The van der Waals surface area contributed by atoms with Crippen molar-refractivity contribution >= 4 is 7.82 Å². The summed E-state index contributed by atoms with van der Waals surface area (Å²) in [6.07, 6.45) is 7.98. The molecule has 5 heteroatoms. The molecule has 0 saturated heterocycles. The molecule has 0 amide bonds. The van der Waals surface area contributed by atoms with E-state index >= 15 is 0 Å². The van der Waals surface area contributed by atoms with Crippen LogP contribution in [0, 0.1) is 6.92 Å². The molecule has 1 N–H and O–H groups in total. The summed E-state index contributed by atoms with van der Waals surface area (Å²) < 4.78 is 21.9. The molecule has 0 bridgehead atoms. The second-order valence-corrected chi connectivity index (χ2v) is 6.66. The molecule has 1 rings (SSSR count). The molecule has 0 spiro atoms. The maximum Gasteiger partial charge on any atom is 0.527 e. The molecule has 1 aromatic carbocycles. The average Bonchev–Trinajstić information content (AvgIpc) is 2.44. The first-order valence-corrected chi connectivity index (χ1v) is 9.27. The summed E-state index contributed by atoms with van der Waals surface area (Å²) in [5.74, 6) is 0.392. The van der Waals surface area contributed by atoms with E-state index in [2.05, 4.69) is 6.92 Å². The zero-order valence-electron chi connectivity index (χ0n) is 13.1. The predicted octanol–water partition coefficient (Wildman–Crippen LogP) is 5.24. The summed E-state index contributed by atoms with van der Waals surface area (Å²) in [6.45, 7) is 4.28. The highest BCUT2D eigenvalue weighted by atomic mass is 31.2. The summed E-state index contributed by atoms with van der Waals surface area (Å²) >= 11 is 0. The number of hydrogen-bond donors (Lipinski definition) is 1. The van der Waals surface area contributed by atoms with Crippen LogP contribution >= 0.6 is 7.82 Å². The van der Waals surface area contributed by atoms with Crippen molar-refractivity contribution in [3.63, 3.8) is 0 Å². The number of phosphoric acid groups is 1. The monoisotopic (exact) mass is 314 g/mol. The summed E-state index contributed by atoms with van der Waals surface area (Å²) in [6, 6.07) is 7.10. The second kappa shape index (κ2) is 9.99. The Hall–Kier alpha value is -0.830. The molecule has 120 valence electrons. The van der Waals surface area contributed by atoms with Crippen molar-refractivity contribution in [3.8, 4) is 5.75 Å². The van der Waals surface area contributed by atoms with E-state index < -0.39 is 7.82 Å². The Balaban J connectivity index is 2.18. The predicted molar refractivity (Wildman–Crippen MR) is 85.6 cm³/mol. The van der Waals surface area contributed by atoms with E-state index in [0.29, 0.717) is 5.75 Å². The summed E-state index contributed by atoms with van der Waals surface area (Å²) in [4.78, 5) is 9.68. The third-order valence-electron chi connectivity index (χ3n) is 3.31. The molecule has 0 radical (unpaired) electrons. The molecule has 0 fully saturated rings. The molecule has 0 aliphatic carbocycles. The van der Waals surface area contributed by atoms with Crippen LogP contribution in [0.15, 0.2) is 24.3 Å². The van der Waals surface area contributed by atoms with Crippen LogP contribution in [0.4, 0.5) is 0 Å². The minimum atomic E-state index is -4.01. The molecule has 21 heavy (non-hydrogen) atoms. The van der Waals surface area contributed by atoms with Crippen molar-refractivity contribution in [2.75, 3.05) is 6.61 Å². The number of rotatable bonds is 11. The first-order chi connectivity index (χ1) is 10.0. The maximum atomic E-state index is 11.8. The van der Waals surface area contributed by atoms with Crippen LogP contribution in [0.5, 0.6) is 5.75 Å². The van der Waals surface area contributed by atoms with Crippen molar-refractivity contribution in [2.45, 2.75) is 58.8 Å². The van der Waals surface area contributed by atoms with Crippen LogP contribution in [0.2, 0.25) is 0 Å². The van der Waals surface area contributed by atoms with Gasteiger partial charge in [-0.1, -0.05) is 63.6 Å². The van der Waals surface area contributed by atoms with Gasteiger partial charge in [-0.2, -0.15) is 0 Å². The quantitative estimate of drug-likeness (QED) is 0.448. The first kappa shape index (κ1) is 18.2. The Kier molecular flexibility index (Phi) is 8.67.